The van der Waals surface area contributed by atoms with Gasteiger partial charge in [-0.2, -0.15) is 0 Å². The molecule has 0 saturated heterocycles. The minimum Gasteiger partial charge on any atom is -0.491 e. The molecule has 2 rings (SSSR count). The van der Waals surface area contributed by atoms with Gasteiger partial charge in [-0.1, -0.05) is 12.1 Å². The van der Waals surface area contributed by atoms with Gasteiger partial charge in [0.15, 0.2) is 0 Å². The van der Waals surface area contributed by atoms with Crippen LogP contribution < -0.4 is 10.5 Å². The highest BCUT2D eigenvalue weighted by Crippen LogP contribution is 2.32. The van der Waals surface area contributed by atoms with Gasteiger partial charge in [0.2, 0.25) is 0 Å². The van der Waals surface area contributed by atoms with Crippen LogP contribution in [0.1, 0.15) is 31.0 Å². The maximum absolute atomic E-state index is 6.02. The zero-order valence-electron chi connectivity index (χ0n) is 9.19. The summed E-state index contributed by atoms with van der Waals surface area (Å²) in [6, 6.07) is 5.94. The standard InChI is InChI=1S/C12H17NO2/c1-8(2)15-11-5-3-4-9-6-14-7-10(13)12(9)11/h3-5,8,10H,6-7,13H2,1-2H3/t10-/m1/s1. The average molecular weight is 207 g/mol. The first-order valence-corrected chi connectivity index (χ1v) is 5.30. The second-order valence-electron chi connectivity index (χ2n) is 4.12. The van der Waals surface area contributed by atoms with Crippen molar-refractivity contribution >= 4 is 0 Å². The molecule has 0 spiro atoms. The van der Waals surface area contributed by atoms with Crippen LogP contribution >= 0.6 is 0 Å². The third-order valence-corrected chi connectivity index (χ3v) is 2.44. The Morgan fingerprint density at radius 1 is 1.47 bits per heavy atom. The molecule has 1 aromatic carbocycles. The zero-order chi connectivity index (χ0) is 10.8. The van der Waals surface area contributed by atoms with Crippen LogP contribution in [-0.4, -0.2) is 12.7 Å². The van der Waals surface area contributed by atoms with Gasteiger partial charge in [-0.15, -0.1) is 0 Å². The lowest BCUT2D eigenvalue weighted by atomic mass is 9.98. The molecule has 3 heteroatoms. The van der Waals surface area contributed by atoms with Gasteiger partial charge in [-0.05, 0) is 25.5 Å². The van der Waals surface area contributed by atoms with Gasteiger partial charge in [0, 0.05) is 5.56 Å². The van der Waals surface area contributed by atoms with E-state index in [9.17, 15) is 0 Å². The number of benzene rings is 1. The van der Waals surface area contributed by atoms with Gasteiger partial charge < -0.3 is 15.2 Å². The Hall–Kier alpha value is -1.06. The Bertz CT molecular complexity index is 349. The summed E-state index contributed by atoms with van der Waals surface area (Å²) in [7, 11) is 0. The van der Waals surface area contributed by atoms with Gasteiger partial charge >= 0.3 is 0 Å². The van der Waals surface area contributed by atoms with Gasteiger partial charge in [-0.25, -0.2) is 0 Å². The second kappa shape index (κ2) is 4.21. The highest BCUT2D eigenvalue weighted by atomic mass is 16.5. The number of fused-ring (bicyclic) bond motifs is 1. The van der Waals surface area contributed by atoms with E-state index in [1.54, 1.807) is 0 Å². The first kappa shape index (κ1) is 10.5. The Kier molecular flexibility index (Phi) is 2.93. The smallest absolute Gasteiger partial charge is 0.124 e. The number of nitrogens with two attached hydrogens (primary N) is 1. The van der Waals surface area contributed by atoms with E-state index in [4.69, 9.17) is 15.2 Å². The molecule has 3 nitrogen and oxygen atoms in total. The molecule has 15 heavy (non-hydrogen) atoms. The molecule has 2 N–H and O–H groups in total. The van der Waals surface area contributed by atoms with E-state index in [1.165, 1.54) is 0 Å². The molecule has 0 aliphatic carbocycles. The molecule has 0 saturated carbocycles. The fourth-order valence-corrected chi connectivity index (χ4v) is 1.87. The zero-order valence-corrected chi connectivity index (χ0v) is 9.19. The van der Waals surface area contributed by atoms with Crippen molar-refractivity contribution in [1.29, 1.82) is 0 Å². The van der Waals surface area contributed by atoms with Crippen LogP contribution in [0.2, 0.25) is 0 Å². The normalized spacial score (nSPS) is 20.1. The van der Waals surface area contributed by atoms with E-state index in [2.05, 4.69) is 0 Å². The number of ether oxygens (including phenoxy) is 2. The summed E-state index contributed by atoms with van der Waals surface area (Å²) in [6.45, 7) is 5.25. The summed E-state index contributed by atoms with van der Waals surface area (Å²) in [6.07, 6.45) is 0.173. The van der Waals surface area contributed by atoms with Crippen molar-refractivity contribution in [2.45, 2.75) is 32.6 Å². The summed E-state index contributed by atoms with van der Waals surface area (Å²) in [5.41, 5.74) is 8.27. The number of rotatable bonds is 2. The minimum absolute atomic E-state index is 0.0660. The van der Waals surface area contributed by atoms with Crippen molar-refractivity contribution in [2.24, 2.45) is 5.73 Å². The molecule has 0 fully saturated rings. The Morgan fingerprint density at radius 3 is 3.00 bits per heavy atom. The lowest BCUT2D eigenvalue weighted by Crippen LogP contribution is -2.25. The van der Waals surface area contributed by atoms with E-state index in [0.717, 1.165) is 16.9 Å². The van der Waals surface area contributed by atoms with Crippen LogP contribution in [0.25, 0.3) is 0 Å². The number of hydrogen-bond acceptors (Lipinski definition) is 3. The van der Waals surface area contributed by atoms with E-state index in [0.29, 0.717) is 13.2 Å². The molecular formula is C12H17NO2. The van der Waals surface area contributed by atoms with Crippen LogP contribution in [0.5, 0.6) is 5.75 Å². The first-order valence-electron chi connectivity index (χ1n) is 5.30. The Balaban J connectivity index is 2.38. The molecule has 1 aliphatic heterocycles. The van der Waals surface area contributed by atoms with E-state index < -0.39 is 0 Å². The molecular weight excluding hydrogens is 190 g/mol. The van der Waals surface area contributed by atoms with Gasteiger partial charge in [0.1, 0.15) is 5.75 Å². The van der Waals surface area contributed by atoms with Gasteiger partial charge in [-0.3, -0.25) is 0 Å². The Labute approximate surface area is 90.2 Å². The van der Waals surface area contributed by atoms with Crippen LogP contribution in [0.4, 0.5) is 0 Å². The summed E-state index contributed by atoms with van der Waals surface area (Å²) in [5, 5.41) is 0. The molecule has 1 aromatic rings. The van der Waals surface area contributed by atoms with Crippen molar-refractivity contribution < 1.29 is 9.47 Å². The van der Waals surface area contributed by atoms with Crippen LogP contribution in [0, 0.1) is 0 Å². The largest absolute Gasteiger partial charge is 0.491 e. The molecule has 1 aliphatic rings. The predicted octanol–water partition coefficient (Wildman–Crippen LogP) is 2.00. The van der Waals surface area contributed by atoms with Crippen molar-refractivity contribution in [3.05, 3.63) is 29.3 Å². The molecule has 0 radical (unpaired) electrons. The van der Waals surface area contributed by atoms with Crippen LogP contribution in [0.15, 0.2) is 18.2 Å². The summed E-state index contributed by atoms with van der Waals surface area (Å²) in [5.74, 6) is 0.901. The fourth-order valence-electron chi connectivity index (χ4n) is 1.87. The summed E-state index contributed by atoms with van der Waals surface area (Å²) < 4.78 is 11.1. The molecule has 1 heterocycles. The van der Waals surface area contributed by atoms with Crippen molar-refractivity contribution in [2.75, 3.05) is 6.61 Å². The molecule has 82 valence electrons. The third kappa shape index (κ3) is 2.13. The first-order chi connectivity index (χ1) is 7.18. The molecule has 0 bridgehead atoms. The Morgan fingerprint density at radius 2 is 2.27 bits per heavy atom. The summed E-state index contributed by atoms with van der Waals surface area (Å²) in [4.78, 5) is 0. The fraction of sp³-hybridized carbons (Fsp3) is 0.500. The van der Waals surface area contributed by atoms with E-state index >= 15 is 0 Å². The SMILES string of the molecule is CC(C)Oc1cccc2c1[C@H](N)COC2. The molecule has 0 amide bonds. The minimum atomic E-state index is -0.0660. The highest BCUT2D eigenvalue weighted by Gasteiger charge is 2.21. The maximum Gasteiger partial charge on any atom is 0.124 e. The van der Waals surface area contributed by atoms with Gasteiger partial charge in [0.25, 0.3) is 0 Å². The average Bonchev–Trinajstić information content (AvgIpc) is 2.17. The third-order valence-electron chi connectivity index (χ3n) is 2.44. The van der Waals surface area contributed by atoms with Gasteiger partial charge in [0.05, 0.1) is 25.4 Å². The number of hydrogen-bond donors (Lipinski definition) is 1. The lowest BCUT2D eigenvalue weighted by molar-refractivity contribution is 0.0898. The topological polar surface area (TPSA) is 44.5 Å². The van der Waals surface area contributed by atoms with Crippen molar-refractivity contribution in [3.8, 4) is 5.75 Å². The quantitative estimate of drug-likeness (QED) is 0.806. The van der Waals surface area contributed by atoms with Crippen LogP contribution in [0.3, 0.4) is 0 Å². The van der Waals surface area contributed by atoms with Crippen LogP contribution in [-0.2, 0) is 11.3 Å². The monoisotopic (exact) mass is 207 g/mol. The van der Waals surface area contributed by atoms with Crippen molar-refractivity contribution in [3.63, 3.8) is 0 Å². The molecule has 1 atom stereocenters. The lowest BCUT2D eigenvalue weighted by Gasteiger charge is -2.25. The second-order valence-corrected chi connectivity index (χ2v) is 4.12. The molecule has 0 unspecified atom stereocenters. The van der Waals surface area contributed by atoms with E-state index in [-0.39, 0.29) is 12.1 Å². The predicted molar refractivity (Wildman–Crippen MR) is 58.8 cm³/mol. The van der Waals surface area contributed by atoms with Crippen molar-refractivity contribution in [1.82, 2.24) is 0 Å². The van der Waals surface area contributed by atoms with E-state index in [1.807, 2.05) is 32.0 Å². The highest BCUT2D eigenvalue weighted by molar-refractivity contribution is 5.43. The summed E-state index contributed by atoms with van der Waals surface area (Å²) >= 11 is 0. The maximum atomic E-state index is 6.02. The molecule has 0 aromatic heterocycles.